The average Bonchev–Trinajstić information content (AvgIpc) is 3.20. The summed E-state index contributed by atoms with van der Waals surface area (Å²) in [4.78, 5) is 17.2. The molecule has 1 fully saturated rings. The molecule has 0 radical (unpaired) electrons. The number of rotatable bonds is 3. The summed E-state index contributed by atoms with van der Waals surface area (Å²) in [6.07, 6.45) is 3.06. The van der Waals surface area contributed by atoms with Crippen LogP contribution >= 0.6 is 0 Å². The van der Waals surface area contributed by atoms with E-state index in [2.05, 4.69) is 26.7 Å². The Bertz CT molecular complexity index is 803. The molecule has 2 aliphatic rings. The van der Waals surface area contributed by atoms with Crippen molar-refractivity contribution in [2.45, 2.75) is 31.8 Å². The third-order valence-corrected chi connectivity index (χ3v) is 5.48. The first-order valence-corrected chi connectivity index (χ1v) is 9.23. The first kappa shape index (κ1) is 17.0. The third-order valence-electron chi connectivity index (χ3n) is 5.48. The van der Waals surface area contributed by atoms with E-state index in [1.807, 2.05) is 23.1 Å². The summed E-state index contributed by atoms with van der Waals surface area (Å²) in [5, 5.41) is 8.89. The van der Waals surface area contributed by atoms with E-state index < -0.39 is 0 Å². The van der Waals surface area contributed by atoms with Crippen LogP contribution in [-0.4, -0.2) is 64.3 Å². The van der Waals surface area contributed by atoms with Crippen LogP contribution in [0.3, 0.4) is 0 Å². The predicted octanol–water partition coefficient (Wildman–Crippen LogP) is 1.75. The quantitative estimate of drug-likeness (QED) is 0.839. The van der Waals surface area contributed by atoms with Crippen LogP contribution in [0.4, 0.5) is 0 Å². The zero-order valence-corrected chi connectivity index (χ0v) is 15.4. The number of methoxy groups -OCH3 is 1. The summed E-state index contributed by atoms with van der Waals surface area (Å²) in [7, 11) is 3.76. The van der Waals surface area contributed by atoms with Crippen LogP contribution < -0.4 is 4.74 Å². The number of carbonyl (C=O) groups is 1. The molecular weight excluding hydrogens is 330 g/mol. The molecule has 2 aromatic rings. The number of amides is 1. The fourth-order valence-electron chi connectivity index (χ4n) is 3.97. The van der Waals surface area contributed by atoms with Crippen LogP contribution in [0.25, 0.3) is 0 Å². The Morgan fingerprint density at radius 3 is 2.85 bits per heavy atom. The average molecular weight is 355 g/mol. The smallest absolute Gasteiger partial charge is 0.254 e. The Hall–Kier alpha value is -2.41. The van der Waals surface area contributed by atoms with E-state index in [0.29, 0.717) is 30.4 Å². The largest absolute Gasteiger partial charge is 0.497 e. The minimum atomic E-state index is 0.0437. The van der Waals surface area contributed by atoms with Crippen LogP contribution in [0.1, 0.15) is 40.9 Å². The molecule has 0 bridgehead atoms. The van der Waals surface area contributed by atoms with Gasteiger partial charge in [-0.2, -0.15) is 0 Å². The topological polar surface area (TPSA) is 63.5 Å². The highest BCUT2D eigenvalue weighted by molar-refractivity contribution is 5.94. The highest BCUT2D eigenvalue weighted by atomic mass is 16.5. The van der Waals surface area contributed by atoms with Gasteiger partial charge < -0.3 is 14.2 Å². The zero-order valence-electron chi connectivity index (χ0n) is 15.4. The van der Waals surface area contributed by atoms with Crippen molar-refractivity contribution in [3.8, 4) is 5.75 Å². The molecule has 0 N–H and O–H groups in total. The third kappa shape index (κ3) is 3.07. The molecule has 1 atom stereocenters. The molecule has 1 saturated heterocycles. The van der Waals surface area contributed by atoms with Gasteiger partial charge in [-0.3, -0.25) is 9.69 Å². The van der Waals surface area contributed by atoms with E-state index >= 15 is 0 Å². The number of hydrogen-bond donors (Lipinski definition) is 0. The lowest BCUT2D eigenvalue weighted by Gasteiger charge is -2.22. The van der Waals surface area contributed by atoms with Gasteiger partial charge in [0, 0.05) is 31.6 Å². The lowest BCUT2D eigenvalue weighted by atomic mass is 10.2. The van der Waals surface area contributed by atoms with Gasteiger partial charge in [-0.05, 0) is 44.6 Å². The van der Waals surface area contributed by atoms with Gasteiger partial charge in [0.25, 0.3) is 5.91 Å². The molecule has 1 aromatic heterocycles. The summed E-state index contributed by atoms with van der Waals surface area (Å²) in [5.74, 6) is 2.79. The first-order valence-electron chi connectivity index (χ1n) is 9.23. The summed E-state index contributed by atoms with van der Waals surface area (Å²) in [6.45, 7) is 3.18. The van der Waals surface area contributed by atoms with Gasteiger partial charge in [0.05, 0.1) is 13.2 Å². The van der Waals surface area contributed by atoms with Gasteiger partial charge in [-0.15, -0.1) is 10.2 Å². The normalized spacial score (nSPS) is 20.7. The zero-order chi connectivity index (χ0) is 18.1. The summed E-state index contributed by atoms with van der Waals surface area (Å²) < 4.78 is 7.47. The van der Waals surface area contributed by atoms with E-state index in [1.165, 1.54) is 6.42 Å². The van der Waals surface area contributed by atoms with Crippen LogP contribution in [0, 0.1) is 0 Å². The Balaban J connectivity index is 1.51. The molecule has 0 unspecified atom stereocenters. The maximum absolute atomic E-state index is 12.9. The molecule has 4 rings (SSSR count). The minimum Gasteiger partial charge on any atom is -0.497 e. The van der Waals surface area contributed by atoms with Crippen molar-refractivity contribution in [2.75, 3.05) is 33.8 Å². The summed E-state index contributed by atoms with van der Waals surface area (Å²) in [5.41, 5.74) is 0.665. The van der Waals surface area contributed by atoms with Gasteiger partial charge >= 0.3 is 0 Å². The Kier molecular flexibility index (Phi) is 4.63. The van der Waals surface area contributed by atoms with Crippen LogP contribution in [0.15, 0.2) is 24.3 Å². The molecule has 0 aliphatic carbocycles. The van der Waals surface area contributed by atoms with Crippen molar-refractivity contribution in [1.29, 1.82) is 0 Å². The van der Waals surface area contributed by atoms with Gasteiger partial charge in [0.2, 0.25) is 0 Å². The van der Waals surface area contributed by atoms with Crippen LogP contribution in [-0.2, 0) is 13.0 Å². The van der Waals surface area contributed by atoms with Crippen LogP contribution in [0.5, 0.6) is 5.75 Å². The maximum atomic E-state index is 12.9. The predicted molar refractivity (Wildman–Crippen MR) is 97.2 cm³/mol. The van der Waals surface area contributed by atoms with Crippen molar-refractivity contribution in [1.82, 2.24) is 24.6 Å². The monoisotopic (exact) mass is 355 g/mol. The highest BCUT2D eigenvalue weighted by Gasteiger charge is 2.30. The number of nitrogens with zero attached hydrogens (tertiary/aromatic N) is 5. The molecule has 7 heteroatoms. The van der Waals surface area contributed by atoms with E-state index in [0.717, 1.165) is 37.6 Å². The van der Waals surface area contributed by atoms with Crippen molar-refractivity contribution in [3.05, 3.63) is 41.5 Å². The summed E-state index contributed by atoms with van der Waals surface area (Å²) >= 11 is 0. The number of likely N-dealkylation sites (tertiary alicyclic amines) is 1. The molecule has 0 saturated carbocycles. The van der Waals surface area contributed by atoms with Gasteiger partial charge in [0.15, 0.2) is 0 Å². The van der Waals surface area contributed by atoms with Gasteiger partial charge in [-0.1, -0.05) is 6.07 Å². The molecule has 26 heavy (non-hydrogen) atoms. The molecule has 3 heterocycles. The number of aromatic nitrogens is 3. The van der Waals surface area contributed by atoms with E-state index in [9.17, 15) is 4.79 Å². The summed E-state index contributed by atoms with van der Waals surface area (Å²) in [6, 6.07) is 7.69. The molecular formula is C19H25N5O2. The van der Waals surface area contributed by atoms with E-state index in [4.69, 9.17) is 4.74 Å². The molecule has 7 nitrogen and oxygen atoms in total. The number of fused-ring (bicyclic) bond motifs is 1. The molecule has 1 aromatic carbocycles. The molecule has 2 aliphatic heterocycles. The van der Waals surface area contributed by atoms with Gasteiger partial charge in [0.1, 0.15) is 17.4 Å². The van der Waals surface area contributed by atoms with Crippen LogP contribution in [0.2, 0.25) is 0 Å². The number of benzene rings is 1. The second-order valence-corrected chi connectivity index (χ2v) is 7.04. The molecule has 1 amide bonds. The van der Waals surface area contributed by atoms with Crippen molar-refractivity contribution < 1.29 is 9.53 Å². The second kappa shape index (κ2) is 7.07. The lowest BCUT2D eigenvalue weighted by molar-refractivity contribution is 0.0758. The standard InChI is InChI=1S/C19H25N5O2/c1-22-9-4-7-16(22)18-21-20-17-8-10-23(11-12-24(17)18)19(25)14-5-3-6-15(13-14)26-2/h3,5-6,13,16H,4,7-12H2,1-2H3/t16-/m0/s1. The van der Waals surface area contributed by atoms with Gasteiger partial charge in [-0.25, -0.2) is 0 Å². The van der Waals surface area contributed by atoms with Crippen molar-refractivity contribution in [2.24, 2.45) is 0 Å². The van der Waals surface area contributed by atoms with Crippen molar-refractivity contribution >= 4 is 5.91 Å². The molecule has 0 spiro atoms. The second-order valence-electron chi connectivity index (χ2n) is 7.04. The number of carbonyl (C=O) groups excluding carboxylic acids is 1. The number of ether oxygens (including phenoxy) is 1. The minimum absolute atomic E-state index is 0.0437. The Morgan fingerprint density at radius 1 is 1.19 bits per heavy atom. The maximum Gasteiger partial charge on any atom is 0.254 e. The van der Waals surface area contributed by atoms with E-state index in [-0.39, 0.29) is 5.91 Å². The fraction of sp³-hybridized carbons (Fsp3) is 0.526. The SMILES string of the molecule is COc1cccc(C(=O)N2CCc3nnc([C@@H]4CCCN4C)n3CC2)c1. The van der Waals surface area contributed by atoms with E-state index in [1.54, 1.807) is 13.2 Å². The first-order chi connectivity index (χ1) is 12.7. The molecule has 138 valence electrons. The Labute approximate surface area is 153 Å². The Morgan fingerprint density at radius 2 is 2.08 bits per heavy atom. The van der Waals surface area contributed by atoms with Crippen molar-refractivity contribution in [3.63, 3.8) is 0 Å². The highest BCUT2D eigenvalue weighted by Crippen LogP contribution is 2.30. The number of hydrogen-bond acceptors (Lipinski definition) is 5. The fourth-order valence-corrected chi connectivity index (χ4v) is 3.97. The lowest BCUT2D eigenvalue weighted by Crippen LogP contribution is -2.34.